The maximum Gasteiger partial charge on any atom is 0.317 e. The van der Waals surface area contributed by atoms with Crippen LogP contribution in [0.5, 0.6) is 0 Å². The third-order valence-electron chi connectivity index (χ3n) is 1.00. The normalized spacial score (nSPS) is 8.60. The van der Waals surface area contributed by atoms with Crippen LogP contribution in [0.3, 0.4) is 0 Å². The molecule has 0 fully saturated rings. The molecule has 10 heavy (non-hydrogen) atoms. The molecule has 0 radical (unpaired) electrons. The summed E-state index contributed by atoms with van der Waals surface area (Å²) in [6, 6.07) is 0. The minimum Gasteiger partial charge on any atom is -0.481 e. The van der Waals surface area contributed by atoms with E-state index in [0.29, 0.717) is 0 Å². The zero-order chi connectivity index (χ0) is 7.44. The Balaban J connectivity index is 0. The smallest absolute Gasteiger partial charge is 0.317 e. The van der Waals surface area contributed by atoms with Gasteiger partial charge in [-0.2, -0.15) is 0 Å². The Morgan fingerprint density at radius 2 is 1.60 bits per heavy atom. The SMILES string of the molecule is CCC(C(=O)O)C(=O)O.[Ti]. The van der Waals surface area contributed by atoms with Crippen LogP contribution in [0.2, 0.25) is 0 Å². The van der Waals surface area contributed by atoms with Gasteiger partial charge in [0.1, 0.15) is 0 Å². The van der Waals surface area contributed by atoms with Gasteiger partial charge in [0.15, 0.2) is 5.92 Å². The van der Waals surface area contributed by atoms with Gasteiger partial charge in [-0.15, -0.1) is 0 Å². The Hall–Kier alpha value is -0.346. The number of hydrogen-bond acceptors (Lipinski definition) is 2. The first-order chi connectivity index (χ1) is 4.09. The quantitative estimate of drug-likeness (QED) is 0.479. The van der Waals surface area contributed by atoms with Crippen LogP contribution in [0.4, 0.5) is 0 Å². The number of aliphatic carboxylic acids is 2. The van der Waals surface area contributed by atoms with Crippen molar-refractivity contribution < 1.29 is 41.5 Å². The predicted molar refractivity (Wildman–Crippen MR) is 29.1 cm³/mol. The number of carboxylic acid groups (broad SMARTS) is 2. The summed E-state index contributed by atoms with van der Waals surface area (Å²) in [5.41, 5.74) is 0. The second-order valence-corrected chi connectivity index (χ2v) is 1.64. The number of carbonyl (C=O) groups is 2. The maximum absolute atomic E-state index is 9.99. The molecule has 0 bridgehead atoms. The summed E-state index contributed by atoms with van der Waals surface area (Å²) < 4.78 is 0. The average molecular weight is 180 g/mol. The molecule has 0 atom stereocenters. The zero-order valence-corrected chi connectivity index (χ0v) is 7.06. The van der Waals surface area contributed by atoms with E-state index in [1.54, 1.807) is 0 Å². The van der Waals surface area contributed by atoms with E-state index in [1.165, 1.54) is 6.92 Å². The number of hydrogen-bond donors (Lipinski definition) is 2. The Labute approximate surface area is 73.1 Å². The van der Waals surface area contributed by atoms with Crippen molar-refractivity contribution >= 4 is 11.9 Å². The van der Waals surface area contributed by atoms with Gasteiger partial charge in [0, 0.05) is 21.7 Å². The van der Waals surface area contributed by atoms with E-state index in [1.807, 2.05) is 0 Å². The molecule has 0 saturated carbocycles. The fourth-order valence-corrected chi connectivity index (χ4v) is 0.455. The molecule has 0 amide bonds. The van der Waals surface area contributed by atoms with Crippen molar-refractivity contribution in [3.8, 4) is 0 Å². The van der Waals surface area contributed by atoms with Gasteiger partial charge < -0.3 is 10.2 Å². The summed E-state index contributed by atoms with van der Waals surface area (Å²) in [5.74, 6) is -3.79. The van der Waals surface area contributed by atoms with Crippen LogP contribution in [0.1, 0.15) is 13.3 Å². The molecule has 4 nitrogen and oxygen atoms in total. The molecule has 2 N–H and O–H groups in total. The van der Waals surface area contributed by atoms with Crippen molar-refractivity contribution in [3.63, 3.8) is 0 Å². The van der Waals surface area contributed by atoms with Gasteiger partial charge in [0.25, 0.3) is 0 Å². The van der Waals surface area contributed by atoms with Crippen molar-refractivity contribution in [2.45, 2.75) is 13.3 Å². The van der Waals surface area contributed by atoms with Gasteiger partial charge in [0.05, 0.1) is 0 Å². The minimum atomic E-state index is -1.27. The summed E-state index contributed by atoms with van der Waals surface area (Å²) >= 11 is 0. The first-order valence-corrected chi connectivity index (χ1v) is 2.55. The maximum atomic E-state index is 9.99. The van der Waals surface area contributed by atoms with E-state index < -0.39 is 17.9 Å². The molecule has 0 unspecified atom stereocenters. The summed E-state index contributed by atoms with van der Waals surface area (Å²) in [6.45, 7) is 1.52. The number of carboxylic acids is 2. The van der Waals surface area contributed by atoms with Gasteiger partial charge in [-0.25, -0.2) is 0 Å². The van der Waals surface area contributed by atoms with Crippen molar-refractivity contribution in [1.29, 1.82) is 0 Å². The summed E-state index contributed by atoms with van der Waals surface area (Å²) in [5, 5.41) is 16.3. The predicted octanol–water partition coefficient (Wildman–Crippen LogP) is 0.179. The van der Waals surface area contributed by atoms with Crippen molar-refractivity contribution in [2.75, 3.05) is 0 Å². The summed E-state index contributed by atoms with van der Waals surface area (Å²) in [7, 11) is 0. The molecule has 0 aliphatic rings. The molecule has 0 saturated heterocycles. The van der Waals surface area contributed by atoms with Crippen LogP contribution >= 0.6 is 0 Å². The van der Waals surface area contributed by atoms with E-state index >= 15 is 0 Å². The number of rotatable bonds is 3. The Morgan fingerprint density at radius 1 is 1.30 bits per heavy atom. The first-order valence-electron chi connectivity index (χ1n) is 2.55. The summed E-state index contributed by atoms with van der Waals surface area (Å²) in [6.07, 6.45) is 0.130. The van der Waals surface area contributed by atoms with Crippen LogP contribution in [-0.4, -0.2) is 22.2 Å². The monoisotopic (exact) mass is 180 g/mol. The van der Waals surface area contributed by atoms with E-state index in [2.05, 4.69) is 0 Å². The van der Waals surface area contributed by atoms with Gasteiger partial charge in [-0.05, 0) is 6.42 Å². The van der Waals surface area contributed by atoms with E-state index in [0.717, 1.165) is 0 Å². The van der Waals surface area contributed by atoms with E-state index in [9.17, 15) is 9.59 Å². The molecular weight excluding hydrogens is 172 g/mol. The topological polar surface area (TPSA) is 74.6 Å². The third kappa shape index (κ3) is 3.64. The Kier molecular flexibility index (Phi) is 6.71. The molecule has 0 aliphatic heterocycles. The Morgan fingerprint density at radius 3 is 1.60 bits per heavy atom. The molecule has 0 aliphatic carbocycles. The molecule has 0 rings (SSSR count). The second kappa shape index (κ2) is 5.44. The van der Waals surface area contributed by atoms with E-state index in [-0.39, 0.29) is 28.1 Å². The molecule has 5 heteroatoms. The molecule has 0 spiro atoms. The molecule has 0 aromatic rings. The van der Waals surface area contributed by atoms with Crippen molar-refractivity contribution in [1.82, 2.24) is 0 Å². The van der Waals surface area contributed by atoms with Gasteiger partial charge in [-0.1, -0.05) is 6.92 Å². The van der Waals surface area contributed by atoms with Gasteiger partial charge >= 0.3 is 11.9 Å². The van der Waals surface area contributed by atoms with Crippen LogP contribution in [-0.2, 0) is 31.3 Å². The molecule has 0 heterocycles. The van der Waals surface area contributed by atoms with Crippen LogP contribution < -0.4 is 0 Å². The Bertz CT molecular complexity index is 120. The largest absolute Gasteiger partial charge is 0.481 e. The van der Waals surface area contributed by atoms with Crippen LogP contribution in [0.15, 0.2) is 0 Å². The molecule has 56 valence electrons. The van der Waals surface area contributed by atoms with Crippen LogP contribution in [0, 0.1) is 5.92 Å². The molecule has 0 aromatic heterocycles. The standard InChI is InChI=1S/C5H8O4.Ti/c1-2-3(4(6)7)5(8)9;/h3H,2H2,1H3,(H,6,7)(H,8,9);. The van der Waals surface area contributed by atoms with E-state index in [4.69, 9.17) is 10.2 Å². The fourth-order valence-electron chi connectivity index (χ4n) is 0.455. The zero-order valence-electron chi connectivity index (χ0n) is 5.50. The van der Waals surface area contributed by atoms with Crippen molar-refractivity contribution in [2.24, 2.45) is 5.92 Å². The van der Waals surface area contributed by atoms with Gasteiger partial charge in [-0.3, -0.25) is 9.59 Å². The second-order valence-electron chi connectivity index (χ2n) is 1.64. The third-order valence-corrected chi connectivity index (χ3v) is 1.00. The van der Waals surface area contributed by atoms with Crippen LogP contribution in [0.25, 0.3) is 0 Å². The average Bonchev–Trinajstić information content (AvgIpc) is 1.64. The fraction of sp³-hybridized carbons (Fsp3) is 0.600. The van der Waals surface area contributed by atoms with Gasteiger partial charge in [0.2, 0.25) is 0 Å². The van der Waals surface area contributed by atoms with Crippen molar-refractivity contribution in [3.05, 3.63) is 0 Å². The summed E-state index contributed by atoms with van der Waals surface area (Å²) in [4.78, 5) is 20.0. The molecule has 0 aromatic carbocycles. The molecular formula is C5H8O4Ti. The first kappa shape index (κ1) is 12.3. The minimum absolute atomic E-state index is 0.